The van der Waals surface area contributed by atoms with Gasteiger partial charge < -0.3 is 9.15 Å². The highest BCUT2D eigenvalue weighted by molar-refractivity contribution is 5.75. The van der Waals surface area contributed by atoms with Crippen LogP contribution in [0.2, 0.25) is 0 Å². The van der Waals surface area contributed by atoms with Crippen LogP contribution in [0.1, 0.15) is 25.7 Å². The quantitative estimate of drug-likeness (QED) is 0.762. The number of ether oxygens (including phenoxy) is 1. The lowest BCUT2D eigenvalue weighted by atomic mass is 10.2. The second kappa shape index (κ2) is 3.53. The predicted octanol–water partition coefficient (Wildman–Crippen LogP) is 3.10. The molecule has 1 aromatic heterocycles. The van der Waals surface area contributed by atoms with Crippen LogP contribution in [0.25, 0.3) is 11.1 Å². The Morgan fingerprint density at radius 3 is 2.73 bits per heavy atom. The number of fused-ring (bicyclic) bond motifs is 1. The van der Waals surface area contributed by atoms with Gasteiger partial charge in [-0.1, -0.05) is 13.8 Å². The number of rotatable bonds is 2. The van der Waals surface area contributed by atoms with Crippen molar-refractivity contribution in [2.24, 2.45) is 0 Å². The number of methoxy groups -OCH3 is 1. The molecule has 80 valence electrons. The van der Waals surface area contributed by atoms with Gasteiger partial charge in [-0.2, -0.15) is 4.39 Å². The fourth-order valence-corrected chi connectivity index (χ4v) is 1.36. The molecule has 4 heteroatoms. The van der Waals surface area contributed by atoms with Crippen LogP contribution in [0, 0.1) is 5.82 Å². The van der Waals surface area contributed by atoms with E-state index in [1.807, 2.05) is 13.8 Å². The van der Waals surface area contributed by atoms with Crippen LogP contribution in [0.5, 0.6) is 5.75 Å². The van der Waals surface area contributed by atoms with E-state index in [0.717, 1.165) is 0 Å². The Hall–Kier alpha value is -1.58. The van der Waals surface area contributed by atoms with Gasteiger partial charge >= 0.3 is 0 Å². The number of halogens is 1. The van der Waals surface area contributed by atoms with E-state index in [4.69, 9.17) is 9.15 Å². The first-order valence-corrected chi connectivity index (χ1v) is 4.76. The normalized spacial score (nSPS) is 11.3. The van der Waals surface area contributed by atoms with E-state index in [1.165, 1.54) is 7.11 Å². The molecule has 1 heterocycles. The van der Waals surface area contributed by atoms with Gasteiger partial charge in [-0.05, 0) is 12.1 Å². The van der Waals surface area contributed by atoms with Gasteiger partial charge in [0.05, 0.1) is 7.11 Å². The van der Waals surface area contributed by atoms with Gasteiger partial charge in [0, 0.05) is 5.92 Å². The molecule has 0 aliphatic heterocycles. The van der Waals surface area contributed by atoms with Crippen molar-refractivity contribution in [2.45, 2.75) is 19.8 Å². The minimum Gasteiger partial charge on any atom is -0.494 e. The first kappa shape index (κ1) is 9.96. The smallest absolute Gasteiger partial charge is 0.209 e. The SMILES string of the molecule is COc1ccc2nc(C(C)C)oc2c1F. The van der Waals surface area contributed by atoms with Gasteiger partial charge in [0.25, 0.3) is 0 Å². The maximum Gasteiger partial charge on any atom is 0.209 e. The molecule has 3 nitrogen and oxygen atoms in total. The maximum atomic E-state index is 13.7. The zero-order chi connectivity index (χ0) is 11.0. The summed E-state index contributed by atoms with van der Waals surface area (Å²) in [7, 11) is 1.42. The second-order valence-corrected chi connectivity index (χ2v) is 3.64. The van der Waals surface area contributed by atoms with Gasteiger partial charge in [-0.3, -0.25) is 0 Å². The summed E-state index contributed by atoms with van der Waals surface area (Å²) in [4.78, 5) is 4.19. The van der Waals surface area contributed by atoms with Gasteiger partial charge in [-0.15, -0.1) is 0 Å². The number of nitrogens with zero attached hydrogens (tertiary/aromatic N) is 1. The van der Waals surface area contributed by atoms with Crippen LogP contribution in [0.3, 0.4) is 0 Å². The molecule has 0 unspecified atom stereocenters. The number of hydrogen-bond donors (Lipinski definition) is 0. The van der Waals surface area contributed by atoms with Crippen LogP contribution in [-0.4, -0.2) is 12.1 Å². The van der Waals surface area contributed by atoms with E-state index >= 15 is 0 Å². The topological polar surface area (TPSA) is 35.3 Å². The van der Waals surface area contributed by atoms with Crippen molar-refractivity contribution in [3.05, 3.63) is 23.8 Å². The van der Waals surface area contributed by atoms with Crippen molar-refractivity contribution in [1.82, 2.24) is 4.98 Å². The summed E-state index contributed by atoms with van der Waals surface area (Å²) in [5, 5.41) is 0. The predicted molar refractivity (Wildman–Crippen MR) is 54.6 cm³/mol. The summed E-state index contributed by atoms with van der Waals surface area (Å²) in [5.41, 5.74) is 0.690. The van der Waals surface area contributed by atoms with Crippen molar-refractivity contribution in [2.75, 3.05) is 7.11 Å². The number of benzene rings is 1. The molecule has 15 heavy (non-hydrogen) atoms. The van der Waals surface area contributed by atoms with Crippen molar-refractivity contribution in [3.8, 4) is 5.75 Å². The fourth-order valence-electron chi connectivity index (χ4n) is 1.36. The Morgan fingerprint density at radius 1 is 1.40 bits per heavy atom. The average Bonchev–Trinajstić information content (AvgIpc) is 2.63. The van der Waals surface area contributed by atoms with Crippen molar-refractivity contribution >= 4 is 11.1 Å². The van der Waals surface area contributed by atoms with Gasteiger partial charge in [0.1, 0.15) is 5.52 Å². The van der Waals surface area contributed by atoms with E-state index in [1.54, 1.807) is 12.1 Å². The molecule has 0 radical (unpaired) electrons. The van der Waals surface area contributed by atoms with Crippen LogP contribution in [0.4, 0.5) is 4.39 Å². The van der Waals surface area contributed by atoms with Crippen molar-refractivity contribution in [3.63, 3.8) is 0 Å². The van der Waals surface area contributed by atoms with Crippen LogP contribution in [0.15, 0.2) is 16.5 Å². The molecule has 0 bridgehead atoms. The molecule has 0 spiro atoms. The Kier molecular flexibility index (Phi) is 2.34. The van der Waals surface area contributed by atoms with Crippen molar-refractivity contribution in [1.29, 1.82) is 0 Å². The summed E-state index contributed by atoms with van der Waals surface area (Å²) in [6, 6.07) is 3.23. The summed E-state index contributed by atoms with van der Waals surface area (Å²) in [6.45, 7) is 3.89. The van der Waals surface area contributed by atoms with Gasteiger partial charge in [0.15, 0.2) is 17.2 Å². The number of oxazole rings is 1. The summed E-state index contributed by atoms with van der Waals surface area (Å²) < 4.78 is 23.9. The monoisotopic (exact) mass is 209 g/mol. The lowest BCUT2D eigenvalue weighted by Crippen LogP contribution is -1.87. The fraction of sp³-hybridized carbons (Fsp3) is 0.364. The highest BCUT2D eigenvalue weighted by Crippen LogP contribution is 2.28. The summed E-state index contributed by atoms with van der Waals surface area (Å²) >= 11 is 0. The molecule has 0 N–H and O–H groups in total. The Bertz CT molecular complexity index is 491. The molecule has 0 atom stereocenters. The highest BCUT2D eigenvalue weighted by Gasteiger charge is 2.15. The van der Waals surface area contributed by atoms with E-state index < -0.39 is 5.82 Å². The Balaban J connectivity index is 2.66. The Labute approximate surface area is 86.9 Å². The lowest BCUT2D eigenvalue weighted by molar-refractivity contribution is 0.383. The van der Waals surface area contributed by atoms with Gasteiger partial charge in [0.2, 0.25) is 5.82 Å². The molecule has 0 aliphatic rings. The zero-order valence-electron chi connectivity index (χ0n) is 8.87. The summed E-state index contributed by atoms with van der Waals surface area (Å²) in [6.07, 6.45) is 0. The van der Waals surface area contributed by atoms with E-state index in [0.29, 0.717) is 11.4 Å². The molecule has 2 aromatic rings. The average molecular weight is 209 g/mol. The first-order chi connectivity index (χ1) is 7.13. The van der Waals surface area contributed by atoms with Crippen LogP contribution >= 0.6 is 0 Å². The van der Waals surface area contributed by atoms with E-state index in [2.05, 4.69) is 4.98 Å². The molecule has 0 saturated carbocycles. The molecular weight excluding hydrogens is 197 g/mol. The third kappa shape index (κ3) is 1.56. The molecular formula is C11H12FNO2. The first-order valence-electron chi connectivity index (χ1n) is 4.76. The van der Waals surface area contributed by atoms with Crippen LogP contribution < -0.4 is 4.74 Å². The van der Waals surface area contributed by atoms with E-state index in [9.17, 15) is 4.39 Å². The Morgan fingerprint density at radius 2 is 2.13 bits per heavy atom. The number of aromatic nitrogens is 1. The van der Waals surface area contributed by atoms with E-state index in [-0.39, 0.29) is 17.3 Å². The molecule has 0 saturated heterocycles. The van der Waals surface area contributed by atoms with Crippen molar-refractivity contribution < 1.29 is 13.5 Å². The minimum atomic E-state index is -0.491. The molecule has 0 amide bonds. The standard InChI is InChI=1S/C11H12FNO2/c1-6(2)11-13-7-4-5-8(14-3)9(12)10(7)15-11/h4-6H,1-3H3. The maximum absolute atomic E-state index is 13.7. The lowest BCUT2D eigenvalue weighted by Gasteiger charge is -1.99. The minimum absolute atomic E-state index is 0.141. The third-order valence-corrected chi connectivity index (χ3v) is 2.19. The molecule has 0 aliphatic carbocycles. The second-order valence-electron chi connectivity index (χ2n) is 3.64. The number of hydrogen-bond acceptors (Lipinski definition) is 3. The van der Waals surface area contributed by atoms with Crippen LogP contribution in [-0.2, 0) is 0 Å². The largest absolute Gasteiger partial charge is 0.494 e. The van der Waals surface area contributed by atoms with Gasteiger partial charge in [-0.25, -0.2) is 4.98 Å². The molecule has 0 fully saturated rings. The molecule has 2 rings (SSSR count). The third-order valence-electron chi connectivity index (χ3n) is 2.19. The summed E-state index contributed by atoms with van der Waals surface area (Å²) in [5.74, 6) is 0.364. The zero-order valence-corrected chi connectivity index (χ0v) is 8.87. The molecule has 1 aromatic carbocycles. The highest BCUT2D eigenvalue weighted by atomic mass is 19.1.